The van der Waals surface area contributed by atoms with E-state index in [0.717, 1.165) is 4.90 Å². The Labute approximate surface area is 146 Å². The van der Waals surface area contributed by atoms with Gasteiger partial charge in [0.1, 0.15) is 5.84 Å². The lowest BCUT2D eigenvalue weighted by molar-refractivity contribution is -0.123. The first-order chi connectivity index (χ1) is 11.8. The largest absolute Gasteiger partial charge is 0.465 e. The number of ether oxygens (including phenoxy) is 1. The van der Waals surface area contributed by atoms with Gasteiger partial charge in [0.15, 0.2) is 0 Å². The standard InChI is InChI=1S/C18H21N3O4/c1-11(2)10-21-15(19)14(16(22)20(3)18(21)24)9-12-5-7-13(8-6-12)17(23)25-4/h5-9,11,19H,10H2,1-4H3/b14-9+,19-15?. The van der Waals surface area contributed by atoms with Crippen molar-refractivity contribution in [2.75, 3.05) is 20.7 Å². The molecule has 1 N–H and O–H groups in total. The van der Waals surface area contributed by atoms with Gasteiger partial charge in [-0.05, 0) is 29.7 Å². The molecule has 1 aliphatic heterocycles. The first-order valence-corrected chi connectivity index (χ1v) is 7.84. The minimum Gasteiger partial charge on any atom is -0.465 e. The molecule has 1 saturated heterocycles. The molecule has 0 bridgehead atoms. The summed E-state index contributed by atoms with van der Waals surface area (Å²) in [6, 6.07) is 5.97. The monoisotopic (exact) mass is 343 g/mol. The van der Waals surface area contributed by atoms with Crippen molar-refractivity contribution < 1.29 is 19.1 Å². The van der Waals surface area contributed by atoms with Crippen molar-refractivity contribution >= 4 is 29.8 Å². The van der Waals surface area contributed by atoms with Crippen LogP contribution in [0.3, 0.4) is 0 Å². The molecule has 132 valence electrons. The number of rotatable bonds is 4. The van der Waals surface area contributed by atoms with Gasteiger partial charge >= 0.3 is 12.0 Å². The van der Waals surface area contributed by atoms with Crippen LogP contribution in [0.15, 0.2) is 29.8 Å². The molecule has 7 nitrogen and oxygen atoms in total. The van der Waals surface area contributed by atoms with Crippen LogP contribution in [0.4, 0.5) is 4.79 Å². The maximum atomic E-state index is 12.4. The quantitative estimate of drug-likeness (QED) is 0.671. The van der Waals surface area contributed by atoms with Crippen molar-refractivity contribution in [3.63, 3.8) is 0 Å². The number of urea groups is 1. The second kappa shape index (κ2) is 7.29. The summed E-state index contributed by atoms with van der Waals surface area (Å²) in [5.41, 5.74) is 1.17. The van der Waals surface area contributed by atoms with Crippen LogP contribution in [0, 0.1) is 11.3 Å². The predicted octanol–water partition coefficient (Wildman–Crippen LogP) is 2.38. The van der Waals surface area contributed by atoms with Gasteiger partial charge in [0, 0.05) is 13.6 Å². The van der Waals surface area contributed by atoms with Crippen molar-refractivity contribution in [1.82, 2.24) is 9.80 Å². The van der Waals surface area contributed by atoms with Gasteiger partial charge in [-0.3, -0.25) is 20.0 Å². The summed E-state index contributed by atoms with van der Waals surface area (Å²) in [7, 11) is 2.70. The summed E-state index contributed by atoms with van der Waals surface area (Å²) < 4.78 is 4.64. The van der Waals surface area contributed by atoms with Crippen LogP contribution in [0.5, 0.6) is 0 Å². The number of hydrogen-bond acceptors (Lipinski definition) is 5. The number of nitrogens with zero attached hydrogens (tertiary/aromatic N) is 2. The Hall–Kier alpha value is -2.96. The Bertz CT molecular complexity index is 750. The summed E-state index contributed by atoms with van der Waals surface area (Å²) >= 11 is 0. The second-order valence-electron chi connectivity index (χ2n) is 6.17. The van der Waals surface area contributed by atoms with E-state index in [0.29, 0.717) is 17.7 Å². The molecule has 0 radical (unpaired) electrons. The highest BCUT2D eigenvalue weighted by Crippen LogP contribution is 2.20. The molecule has 7 heteroatoms. The lowest BCUT2D eigenvalue weighted by Crippen LogP contribution is -2.55. The van der Waals surface area contributed by atoms with Gasteiger partial charge in [-0.25, -0.2) is 9.59 Å². The van der Waals surface area contributed by atoms with Crippen LogP contribution in [0.1, 0.15) is 29.8 Å². The van der Waals surface area contributed by atoms with Crippen LogP contribution in [0.25, 0.3) is 6.08 Å². The van der Waals surface area contributed by atoms with Crippen LogP contribution < -0.4 is 0 Å². The minimum atomic E-state index is -0.521. The Morgan fingerprint density at radius 3 is 2.36 bits per heavy atom. The van der Waals surface area contributed by atoms with E-state index in [2.05, 4.69) is 4.74 Å². The molecule has 1 aromatic rings. The maximum absolute atomic E-state index is 12.4. The van der Waals surface area contributed by atoms with Gasteiger partial charge in [-0.1, -0.05) is 26.0 Å². The number of carbonyl (C=O) groups excluding carboxylic acids is 3. The van der Waals surface area contributed by atoms with Gasteiger partial charge < -0.3 is 4.74 Å². The molecule has 0 unspecified atom stereocenters. The number of methoxy groups -OCH3 is 1. The van der Waals surface area contributed by atoms with Gasteiger partial charge in [-0.2, -0.15) is 0 Å². The first kappa shape index (κ1) is 18.4. The second-order valence-corrected chi connectivity index (χ2v) is 6.17. The molecule has 0 aromatic heterocycles. The molecule has 3 amide bonds. The topological polar surface area (TPSA) is 90.8 Å². The first-order valence-electron chi connectivity index (χ1n) is 7.84. The van der Waals surface area contributed by atoms with E-state index in [1.165, 1.54) is 19.1 Å². The molecule has 0 aliphatic carbocycles. The van der Waals surface area contributed by atoms with Crippen molar-refractivity contribution in [2.45, 2.75) is 13.8 Å². The summed E-state index contributed by atoms with van der Waals surface area (Å²) in [5, 5.41) is 8.25. The maximum Gasteiger partial charge on any atom is 0.337 e. The zero-order valence-corrected chi connectivity index (χ0v) is 14.7. The van der Waals surface area contributed by atoms with E-state index in [1.807, 2.05) is 13.8 Å². The van der Waals surface area contributed by atoms with E-state index >= 15 is 0 Å². The number of imide groups is 1. The number of likely N-dealkylation sites (N-methyl/N-ethyl adjacent to an activating group) is 1. The molecule has 1 aromatic carbocycles. The average molecular weight is 343 g/mol. The molecule has 1 fully saturated rings. The fourth-order valence-electron chi connectivity index (χ4n) is 2.46. The van der Waals surface area contributed by atoms with Crippen LogP contribution in [0.2, 0.25) is 0 Å². The number of esters is 1. The molecule has 25 heavy (non-hydrogen) atoms. The SMILES string of the molecule is COC(=O)c1ccc(/C=C2\C(=N)N(CC(C)C)C(=O)N(C)C2=O)cc1. The predicted molar refractivity (Wildman–Crippen MR) is 93.2 cm³/mol. The number of amides is 3. The Balaban J connectivity index is 2.36. The van der Waals surface area contributed by atoms with Crippen molar-refractivity contribution in [3.8, 4) is 0 Å². The summed E-state index contributed by atoms with van der Waals surface area (Å²) in [5.74, 6) is -0.925. The lowest BCUT2D eigenvalue weighted by atomic mass is 10.0. The molecule has 0 atom stereocenters. The van der Waals surface area contributed by atoms with Gasteiger partial charge in [-0.15, -0.1) is 0 Å². The summed E-state index contributed by atoms with van der Waals surface area (Å²) in [6.45, 7) is 4.23. The Morgan fingerprint density at radius 2 is 1.84 bits per heavy atom. The third kappa shape index (κ3) is 3.76. The van der Waals surface area contributed by atoms with Gasteiger partial charge in [0.25, 0.3) is 5.91 Å². The number of amidine groups is 1. The minimum absolute atomic E-state index is 0.112. The third-order valence-electron chi connectivity index (χ3n) is 3.77. The smallest absolute Gasteiger partial charge is 0.337 e. The summed E-state index contributed by atoms with van der Waals surface area (Å²) in [6.07, 6.45) is 1.54. The van der Waals surface area contributed by atoms with Crippen molar-refractivity contribution in [2.24, 2.45) is 5.92 Å². The van der Waals surface area contributed by atoms with Gasteiger partial charge in [0.2, 0.25) is 0 Å². The normalized spacial score (nSPS) is 16.8. The van der Waals surface area contributed by atoms with Crippen LogP contribution in [-0.2, 0) is 9.53 Å². The van der Waals surface area contributed by atoms with E-state index < -0.39 is 17.9 Å². The summed E-state index contributed by atoms with van der Waals surface area (Å²) in [4.78, 5) is 38.4. The molecule has 2 rings (SSSR count). The number of carbonyl (C=O) groups is 3. The highest BCUT2D eigenvalue weighted by atomic mass is 16.5. The molecule has 0 spiro atoms. The Morgan fingerprint density at radius 1 is 1.24 bits per heavy atom. The molecule has 1 aliphatic rings. The molecule has 1 heterocycles. The zero-order valence-electron chi connectivity index (χ0n) is 14.7. The van der Waals surface area contributed by atoms with E-state index in [-0.39, 0.29) is 17.3 Å². The average Bonchev–Trinajstić information content (AvgIpc) is 2.60. The highest BCUT2D eigenvalue weighted by Gasteiger charge is 2.37. The van der Waals surface area contributed by atoms with Crippen molar-refractivity contribution in [3.05, 3.63) is 41.0 Å². The van der Waals surface area contributed by atoms with E-state index in [4.69, 9.17) is 5.41 Å². The fraction of sp³-hybridized carbons (Fsp3) is 0.333. The van der Waals surface area contributed by atoms with Crippen molar-refractivity contribution in [1.29, 1.82) is 5.41 Å². The Kier molecular flexibility index (Phi) is 5.36. The van der Waals surface area contributed by atoms with Crippen LogP contribution in [-0.4, -0.2) is 54.2 Å². The van der Waals surface area contributed by atoms with Crippen LogP contribution >= 0.6 is 0 Å². The zero-order chi connectivity index (χ0) is 18.7. The van der Waals surface area contributed by atoms with E-state index in [1.54, 1.807) is 30.3 Å². The molecule has 0 saturated carbocycles. The number of hydrogen-bond donors (Lipinski definition) is 1. The van der Waals surface area contributed by atoms with Gasteiger partial charge in [0.05, 0.1) is 18.2 Å². The van der Waals surface area contributed by atoms with E-state index in [9.17, 15) is 14.4 Å². The molecular weight excluding hydrogens is 322 g/mol. The molecular formula is C18H21N3O4. The third-order valence-corrected chi connectivity index (χ3v) is 3.77. The lowest BCUT2D eigenvalue weighted by Gasteiger charge is -2.34. The number of nitrogens with one attached hydrogen (secondary N) is 1. The fourth-order valence-corrected chi connectivity index (χ4v) is 2.46. The number of benzene rings is 1. The highest BCUT2D eigenvalue weighted by molar-refractivity contribution is 6.31.